The van der Waals surface area contributed by atoms with E-state index >= 15 is 0 Å². The Morgan fingerprint density at radius 3 is 2.82 bits per heavy atom. The quantitative estimate of drug-likeness (QED) is 0.275. The van der Waals surface area contributed by atoms with Crippen LogP contribution in [0.1, 0.15) is 42.9 Å². The minimum Gasteiger partial charge on any atom is -0.374 e. The Morgan fingerprint density at radius 2 is 2.14 bits per heavy atom. The monoisotopic (exact) mass is 497 g/mol. The van der Waals surface area contributed by atoms with Gasteiger partial charge in [-0.15, -0.1) is 24.0 Å². The summed E-state index contributed by atoms with van der Waals surface area (Å²) in [6, 6.07) is 10.3. The van der Waals surface area contributed by atoms with Crippen molar-refractivity contribution in [3.63, 3.8) is 0 Å². The summed E-state index contributed by atoms with van der Waals surface area (Å²) in [7, 11) is 3.82. The molecule has 1 aliphatic heterocycles. The molecule has 2 unspecified atom stereocenters. The van der Waals surface area contributed by atoms with Crippen LogP contribution in [0.5, 0.6) is 0 Å². The summed E-state index contributed by atoms with van der Waals surface area (Å²) >= 11 is 0. The second kappa shape index (κ2) is 11.4. The maximum Gasteiger partial charge on any atom is 0.193 e. The van der Waals surface area contributed by atoms with E-state index in [2.05, 4.69) is 57.7 Å². The van der Waals surface area contributed by atoms with Crippen LogP contribution in [0.15, 0.2) is 47.7 Å². The molecule has 1 aromatic carbocycles. The molecule has 6 nitrogen and oxygen atoms in total. The lowest BCUT2D eigenvalue weighted by Gasteiger charge is -2.22. The standard InChI is InChI=1S/C21H31N5O.HI/c1-17(18-8-5-4-6-9-18)27-13-7-11-23-21(22-2)26-12-10-19(16-26)20-14-24-25(3)15-20;/h4-6,8-9,14-15,17,19H,7,10-13,16H2,1-3H3,(H,22,23);1H. The number of aliphatic imine (C=N–C) groups is 1. The molecule has 7 heteroatoms. The lowest BCUT2D eigenvalue weighted by atomic mass is 10.0. The Kier molecular flexibility index (Phi) is 9.24. The first-order valence-corrected chi connectivity index (χ1v) is 9.78. The summed E-state index contributed by atoms with van der Waals surface area (Å²) in [5, 5.41) is 7.77. The fraction of sp³-hybridized carbons (Fsp3) is 0.524. The molecule has 0 radical (unpaired) electrons. The van der Waals surface area contributed by atoms with Crippen LogP contribution in [0.4, 0.5) is 0 Å². The van der Waals surface area contributed by atoms with Crippen molar-refractivity contribution in [2.75, 3.05) is 33.3 Å². The summed E-state index contributed by atoms with van der Waals surface area (Å²) in [5.41, 5.74) is 2.54. The van der Waals surface area contributed by atoms with Gasteiger partial charge in [-0.05, 0) is 30.9 Å². The molecule has 1 saturated heterocycles. The van der Waals surface area contributed by atoms with Crippen molar-refractivity contribution in [1.29, 1.82) is 0 Å². The average Bonchev–Trinajstić information content (AvgIpc) is 3.34. The highest BCUT2D eigenvalue weighted by Gasteiger charge is 2.26. The van der Waals surface area contributed by atoms with Gasteiger partial charge in [0.15, 0.2) is 5.96 Å². The number of halogens is 1. The van der Waals surface area contributed by atoms with Crippen molar-refractivity contribution in [2.24, 2.45) is 12.0 Å². The molecule has 0 bridgehead atoms. The van der Waals surface area contributed by atoms with Gasteiger partial charge in [-0.3, -0.25) is 9.67 Å². The summed E-state index contributed by atoms with van der Waals surface area (Å²) in [6.45, 7) is 5.72. The number of aryl methyl sites for hydroxylation is 1. The summed E-state index contributed by atoms with van der Waals surface area (Å²) in [5.74, 6) is 1.52. The second-order valence-corrected chi connectivity index (χ2v) is 7.13. The highest BCUT2D eigenvalue weighted by Crippen LogP contribution is 2.26. The van der Waals surface area contributed by atoms with Gasteiger partial charge in [0.05, 0.1) is 12.3 Å². The highest BCUT2D eigenvalue weighted by atomic mass is 127. The van der Waals surface area contributed by atoms with Gasteiger partial charge in [0, 0.05) is 52.5 Å². The molecule has 1 N–H and O–H groups in total. The number of benzene rings is 1. The van der Waals surface area contributed by atoms with Crippen LogP contribution in [-0.2, 0) is 11.8 Å². The summed E-state index contributed by atoms with van der Waals surface area (Å²) in [4.78, 5) is 6.79. The van der Waals surface area contributed by atoms with E-state index in [0.717, 1.165) is 45.0 Å². The number of aromatic nitrogens is 2. The molecule has 0 spiro atoms. The average molecular weight is 497 g/mol. The van der Waals surface area contributed by atoms with Crippen molar-refractivity contribution < 1.29 is 4.74 Å². The fourth-order valence-electron chi connectivity index (χ4n) is 3.56. The zero-order valence-electron chi connectivity index (χ0n) is 17.0. The predicted molar refractivity (Wildman–Crippen MR) is 124 cm³/mol. The van der Waals surface area contributed by atoms with Crippen molar-refractivity contribution in [3.05, 3.63) is 53.9 Å². The van der Waals surface area contributed by atoms with Crippen molar-refractivity contribution in [1.82, 2.24) is 20.0 Å². The van der Waals surface area contributed by atoms with Crippen LogP contribution in [0.25, 0.3) is 0 Å². The molecule has 2 aromatic rings. The van der Waals surface area contributed by atoms with Crippen LogP contribution in [0.3, 0.4) is 0 Å². The molecule has 1 aromatic heterocycles. The molecular formula is C21H32IN5O. The van der Waals surface area contributed by atoms with E-state index < -0.39 is 0 Å². The van der Waals surface area contributed by atoms with Gasteiger partial charge in [0.2, 0.25) is 0 Å². The van der Waals surface area contributed by atoms with E-state index in [1.807, 2.05) is 31.0 Å². The van der Waals surface area contributed by atoms with Crippen molar-refractivity contribution >= 4 is 29.9 Å². The minimum absolute atomic E-state index is 0. The first kappa shape index (κ1) is 22.7. The number of hydrogen-bond acceptors (Lipinski definition) is 3. The van der Waals surface area contributed by atoms with E-state index in [9.17, 15) is 0 Å². The van der Waals surface area contributed by atoms with Gasteiger partial charge < -0.3 is 15.0 Å². The van der Waals surface area contributed by atoms with Gasteiger partial charge in [-0.2, -0.15) is 5.10 Å². The molecule has 1 fully saturated rings. The van der Waals surface area contributed by atoms with Crippen LogP contribution in [-0.4, -0.2) is 53.9 Å². The van der Waals surface area contributed by atoms with E-state index in [1.165, 1.54) is 11.1 Å². The Morgan fingerprint density at radius 1 is 1.36 bits per heavy atom. The normalized spacial score (nSPS) is 18.0. The van der Waals surface area contributed by atoms with Crippen LogP contribution < -0.4 is 5.32 Å². The maximum atomic E-state index is 5.94. The molecule has 0 amide bonds. The number of guanidine groups is 1. The molecule has 0 aliphatic carbocycles. The number of rotatable bonds is 7. The Hall–Kier alpha value is -1.61. The summed E-state index contributed by atoms with van der Waals surface area (Å²) < 4.78 is 7.82. The molecule has 0 saturated carbocycles. The van der Waals surface area contributed by atoms with Gasteiger partial charge in [-0.25, -0.2) is 0 Å². The predicted octanol–water partition coefficient (Wildman–Crippen LogP) is 3.57. The van der Waals surface area contributed by atoms with Crippen LogP contribution >= 0.6 is 24.0 Å². The van der Waals surface area contributed by atoms with Crippen LogP contribution in [0, 0.1) is 0 Å². The van der Waals surface area contributed by atoms with Crippen molar-refractivity contribution in [2.45, 2.75) is 31.8 Å². The van der Waals surface area contributed by atoms with Crippen molar-refractivity contribution in [3.8, 4) is 0 Å². The van der Waals surface area contributed by atoms with Gasteiger partial charge in [-0.1, -0.05) is 30.3 Å². The largest absolute Gasteiger partial charge is 0.374 e. The zero-order valence-corrected chi connectivity index (χ0v) is 19.4. The third-order valence-electron chi connectivity index (χ3n) is 5.14. The van der Waals surface area contributed by atoms with Gasteiger partial charge >= 0.3 is 0 Å². The van der Waals surface area contributed by atoms with E-state index in [0.29, 0.717) is 5.92 Å². The number of nitrogens with one attached hydrogen (secondary N) is 1. The van der Waals surface area contributed by atoms with Gasteiger partial charge in [0.25, 0.3) is 0 Å². The van der Waals surface area contributed by atoms with Crippen LogP contribution in [0.2, 0.25) is 0 Å². The number of likely N-dealkylation sites (tertiary alicyclic amines) is 1. The Balaban J connectivity index is 0.00000280. The lowest BCUT2D eigenvalue weighted by molar-refractivity contribution is 0.0645. The first-order chi connectivity index (χ1) is 13.2. The number of hydrogen-bond donors (Lipinski definition) is 1. The van der Waals surface area contributed by atoms with E-state index in [4.69, 9.17) is 4.74 Å². The molecule has 2 atom stereocenters. The zero-order chi connectivity index (χ0) is 19.1. The third-order valence-corrected chi connectivity index (χ3v) is 5.14. The first-order valence-electron chi connectivity index (χ1n) is 9.78. The lowest BCUT2D eigenvalue weighted by Crippen LogP contribution is -2.40. The molecule has 154 valence electrons. The number of nitrogens with zero attached hydrogens (tertiary/aromatic N) is 4. The highest BCUT2D eigenvalue weighted by molar-refractivity contribution is 14.0. The molecule has 2 heterocycles. The third kappa shape index (κ3) is 6.20. The van der Waals surface area contributed by atoms with Gasteiger partial charge in [0.1, 0.15) is 0 Å². The van der Waals surface area contributed by atoms with E-state index in [-0.39, 0.29) is 30.1 Å². The smallest absolute Gasteiger partial charge is 0.193 e. The minimum atomic E-state index is 0. The van der Waals surface area contributed by atoms with E-state index in [1.54, 1.807) is 0 Å². The molecular weight excluding hydrogens is 465 g/mol. The molecule has 28 heavy (non-hydrogen) atoms. The Bertz CT molecular complexity index is 733. The fourth-order valence-corrected chi connectivity index (χ4v) is 3.56. The molecule has 1 aliphatic rings. The SMILES string of the molecule is CN=C(NCCCOC(C)c1ccccc1)N1CCC(c2cnn(C)c2)C1.I. The summed E-state index contributed by atoms with van der Waals surface area (Å²) in [6.07, 6.45) is 6.33. The topological polar surface area (TPSA) is 54.7 Å². The Labute approximate surface area is 185 Å². The second-order valence-electron chi connectivity index (χ2n) is 7.13. The number of ether oxygens (including phenoxy) is 1. The molecule has 3 rings (SSSR count). The maximum absolute atomic E-state index is 5.94.